The minimum absolute atomic E-state index is 0.562. The average molecular weight is 227 g/mol. The molecule has 0 unspecified atom stereocenters. The number of nitrogens with two attached hydrogens (primary N) is 1. The Morgan fingerprint density at radius 1 is 0.941 bits per heavy atom. The number of hydrogen-bond acceptors (Lipinski definition) is 2. The van der Waals surface area contributed by atoms with E-state index in [0.29, 0.717) is 12.3 Å². The van der Waals surface area contributed by atoms with Crippen molar-refractivity contribution in [2.45, 2.75) is 20.5 Å². The van der Waals surface area contributed by atoms with Crippen LogP contribution in [0.1, 0.15) is 16.7 Å². The fourth-order valence-corrected chi connectivity index (χ4v) is 1.84. The summed E-state index contributed by atoms with van der Waals surface area (Å²) in [4.78, 5) is 0. The molecule has 2 aromatic carbocycles. The molecule has 2 nitrogen and oxygen atoms in total. The molecule has 0 saturated heterocycles. The largest absolute Gasteiger partial charge is 0.487 e. The van der Waals surface area contributed by atoms with Crippen molar-refractivity contribution in [2.75, 3.05) is 5.73 Å². The van der Waals surface area contributed by atoms with E-state index in [0.717, 1.165) is 5.75 Å². The molecule has 0 aromatic heterocycles. The molecule has 0 fully saturated rings. The lowest BCUT2D eigenvalue weighted by Gasteiger charge is -2.12. The van der Waals surface area contributed by atoms with Gasteiger partial charge in [0.25, 0.3) is 0 Å². The maximum Gasteiger partial charge on any atom is 0.142 e. The third-order valence-corrected chi connectivity index (χ3v) is 2.94. The van der Waals surface area contributed by atoms with Gasteiger partial charge in [0.05, 0.1) is 5.69 Å². The summed E-state index contributed by atoms with van der Waals surface area (Å²) in [6.45, 7) is 4.76. The van der Waals surface area contributed by atoms with Crippen molar-refractivity contribution in [1.29, 1.82) is 0 Å². The van der Waals surface area contributed by atoms with Crippen molar-refractivity contribution in [3.8, 4) is 5.75 Å². The number of para-hydroxylation sites is 2. The molecule has 2 N–H and O–H groups in total. The van der Waals surface area contributed by atoms with Crippen LogP contribution >= 0.6 is 0 Å². The maximum atomic E-state index is 5.84. The molecule has 0 heterocycles. The smallest absolute Gasteiger partial charge is 0.142 e. The second-order valence-electron chi connectivity index (χ2n) is 4.20. The minimum Gasteiger partial charge on any atom is -0.487 e. The fourth-order valence-electron chi connectivity index (χ4n) is 1.84. The molecule has 0 aliphatic carbocycles. The van der Waals surface area contributed by atoms with Gasteiger partial charge in [0.2, 0.25) is 0 Å². The molecule has 0 aliphatic heterocycles. The molecule has 0 bridgehead atoms. The van der Waals surface area contributed by atoms with E-state index in [-0.39, 0.29) is 0 Å². The molecule has 2 aromatic rings. The molecule has 0 atom stereocenters. The second-order valence-corrected chi connectivity index (χ2v) is 4.20. The lowest BCUT2D eigenvalue weighted by atomic mass is 10.0. The average Bonchev–Trinajstić information content (AvgIpc) is 2.30. The van der Waals surface area contributed by atoms with Gasteiger partial charge in [-0.1, -0.05) is 30.3 Å². The number of benzene rings is 2. The predicted octanol–water partition coefficient (Wildman–Crippen LogP) is 3.46. The van der Waals surface area contributed by atoms with Crippen LogP contribution in [0.25, 0.3) is 0 Å². The third-order valence-electron chi connectivity index (χ3n) is 2.94. The first-order valence-corrected chi connectivity index (χ1v) is 5.71. The number of nitrogen functional groups attached to an aromatic ring is 1. The molecule has 2 rings (SSSR count). The summed E-state index contributed by atoms with van der Waals surface area (Å²) < 4.78 is 5.76. The second kappa shape index (κ2) is 4.91. The highest BCUT2D eigenvalue weighted by Gasteiger charge is 2.04. The van der Waals surface area contributed by atoms with E-state index in [1.807, 2.05) is 24.3 Å². The summed E-state index contributed by atoms with van der Waals surface area (Å²) in [5, 5.41) is 0. The molecule has 0 aliphatic rings. The SMILES string of the molecule is Cc1cccc(C)c1COc1ccccc1N. The molecule has 2 heteroatoms. The normalized spacial score (nSPS) is 10.2. The van der Waals surface area contributed by atoms with Crippen molar-refractivity contribution in [3.63, 3.8) is 0 Å². The van der Waals surface area contributed by atoms with Gasteiger partial charge in [-0.2, -0.15) is 0 Å². The molecule has 0 radical (unpaired) electrons. The van der Waals surface area contributed by atoms with E-state index in [1.54, 1.807) is 0 Å². The number of ether oxygens (including phenoxy) is 1. The molecular weight excluding hydrogens is 210 g/mol. The predicted molar refractivity (Wildman–Crippen MR) is 71.1 cm³/mol. The lowest BCUT2D eigenvalue weighted by molar-refractivity contribution is 0.306. The Kier molecular flexibility index (Phi) is 3.33. The van der Waals surface area contributed by atoms with Crippen molar-refractivity contribution in [2.24, 2.45) is 0 Å². The van der Waals surface area contributed by atoms with Gasteiger partial charge >= 0.3 is 0 Å². The van der Waals surface area contributed by atoms with Crippen molar-refractivity contribution in [1.82, 2.24) is 0 Å². The first-order chi connectivity index (χ1) is 8.18. The van der Waals surface area contributed by atoms with Crippen LogP contribution in [0.2, 0.25) is 0 Å². The summed E-state index contributed by atoms with van der Waals surface area (Å²) in [5.41, 5.74) is 10.2. The van der Waals surface area contributed by atoms with Crippen LogP contribution < -0.4 is 10.5 Å². The Bertz CT molecular complexity index is 500. The van der Waals surface area contributed by atoms with Gasteiger partial charge in [-0.3, -0.25) is 0 Å². The summed E-state index contributed by atoms with van der Waals surface area (Å²) >= 11 is 0. The van der Waals surface area contributed by atoms with Gasteiger partial charge in [-0.15, -0.1) is 0 Å². The molecule has 0 spiro atoms. The number of hydrogen-bond donors (Lipinski definition) is 1. The highest BCUT2D eigenvalue weighted by atomic mass is 16.5. The summed E-state index contributed by atoms with van der Waals surface area (Å²) in [5.74, 6) is 0.746. The van der Waals surface area contributed by atoms with Crippen LogP contribution in [0.5, 0.6) is 5.75 Å². The van der Waals surface area contributed by atoms with Crippen molar-refractivity contribution < 1.29 is 4.74 Å². The van der Waals surface area contributed by atoms with Crippen LogP contribution in [-0.2, 0) is 6.61 Å². The summed E-state index contributed by atoms with van der Waals surface area (Å²) in [6.07, 6.45) is 0. The third kappa shape index (κ3) is 2.59. The molecule has 0 amide bonds. The molecule has 0 saturated carbocycles. The zero-order valence-electron chi connectivity index (χ0n) is 10.2. The van der Waals surface area contributed by atoms with Gasteiger partial charge in [-0.05, 0) is 42.7 Å². The van der Waals surface area contributed by atoms with Crippen LogP contribution in [0.15, 0.2) is 42.5 Å². The molecule has 88 valence electrons. The van der Waals surface area contributed by atoms with Gasteiger partial charge < -0.3 is 10.5 Å². The Hall–Kier alpha value is -1.96. The first-order valence-electron chi connectivity index (χ1n) is 5.71. The van der Waals surface area contributed by atoms with Gasteiger partial charge in [-0.25, -0.2) is 0 Å². The van der Waals surface area contributed by atoms with Crippen LogP contribution in [0.4, 0.5) is 5.69 Å². The Balaban J connectivity index is 2.16. The number of rotatable bonds is 3. The van der Waals surface area contributed by atoms with Crippen LogP contribution in [-0.4, -0.2) is 0 Å². The topological polar surface area (TPSA) is 35.2 Å². The molecular formula is C15H17NO. The fraction of sp³-hybridized carbons (Fsp3) is 0.200. The van der Waals surface area contributed by atoms with Crippen molar-refractivity contribution >= 4 is 5.69 Å². The number of anilines is 1. The van der Waals surface area contributed by atoms with E-state index in [1.165, 1.54) is 16.7 Å². The highest BCUT2D eigenvalue weighted by Crippen LogP contribution is 2.22. The van der Waals surface area contributed by atoms with E-state index in [2.05, 4.69) is 32.0 Å². The van der Waals surface area contributed by atoms with Crippen LogP contribution in [0.3, 0.4) is 0 Å². The zero-order valence-corrected chi connectivity index (χ0v) is 10.2. The zero-order chi connectivity index (χ0) is 12.3. The number of aryl methyl sites for hydroxylation is 2. The van der Waals surface area contributed by atoms with Crippen LogP contribution in [0, 0.1) is 13.8 Å². The summed E-state index contributed by atoms with van der Waals surface area (Å²) in [7, 11) is 0. The first kappa shape index (κ1) is 11.5. The van der Waals surface area contributed by atoms with E-state index >= 15 is 0 Å². The minimum atomic E-state index is 0.562. The van der Waals surface area contributed by atoms with Gasteiger partial charge in [0.1, 0.15) is 12.4 Å². The van der Waals surface area contributed by atoms with Gasteiger partial charge in [0.15, 0.2) is 0 Å². The van der Waals surface area contributed by atoms with E-state index in [9.17, 15) is 0 Å². The van der Waals surface area contributed by atoms with E-state index < -0.39 is 0 Å². The van der Waals surface area contributed by atoms with Gasteiger partial charge in [0, 0.05) is 0 Å². The maximum absolute atomic E-state index is 5.84. The van der Waals surface area contributed by atoms with Crippen molar-refractivity contribution in [3.05, 3.63) is 59.2 Å². The Morgan fingerprint density at radius 2 is 1.59 bits per heavy atom. The highest BCUT2D eigenvalue weighted by molar-refractivity contribution is 5.52. The Morgan fingerprint density at radius 3 is 2.24 bits per heavy atom. The van der Waals surface area contributed by atoms with E-state index in [4.69, 9.17) is 10.5 Å². The monoisotopic (exact) mass is 227 g/mol. The quantitative estimate of drug-likeness (QED) is 0.815. The Labute approximate surface area is 102 Å². The summed E-state index contributed by atoms with van der Waals surface area (Å²) in [6, 6.07) is 13.8. The standard InChI is InChI=1S/C15H17NO/c1-11-6-5-7-12(2)13(11)10-17-15-9-4-3-8-14(15)16/h3-9H,10,16H2,1-2H3. The molecule has 17 heavy (non-hydrogen) atoms. The lowest BCUT2D eigenvalue weighted by Crippen LogP contribution is -2.02.